The fourth-order valence-corrected chi connectivity index (χ4v) is 1.84. The molecule has 0 fully saturated rings. The minimum Gasteiger partial charge on any atom is -0.0651 e. The third-order valence-corrected chi connectivity index (χ3v) is 2.55. The third-order valence-electron chi connectivity index (χ3n) is 2.55. The van der Waals surface area contributed by atoms with Crippen LogP contribution in [0.25, 0.3) is 11.1 Å². The van der Waals surface area contributed by atoms with Crippen molar-refractivity contribution in [3.8, 4) is 11.1 Å². The fraction of sp³-hybridized carbons (Fsp3) is 0.200. The van der Waals surface area contributed by atoms with Gasteiger partial charge in [-0.3, -0.25) is 0 Å². The minimum absolute atomic E-state index is 1.13. The molecule has 0 atom stereocenters. The van der Waals surface area contributed by atoms with Gasteiger partial charge < -0.3 is 0 Å². The lowest BCUT2D eigenvalue weighted by Gasteiger charge is -2.07. The molecule has 0 spiro atoms. The van der Waals surface area contributed by atoms with Crippen molar-refractivity contribution in [2.24, 2.45) is 0 Å². The summed E-state index contributed by atoms with van der Waals surface area (Å²) in [6, 6.07) is 19.9. The first-order chi connectivity index (χ1) is 7.42. The van der Waals surface area contributed by atoms with E-state index in [-0.39, 0.29) is 0 Å². The molecule has 2 aromatic carbocycles. The van der Waals surface area contributed by atoms with Crippen LogP contribution in [0.3, 0.4) is 0 Å². The van der Waals surface area contributed by atoms with Crippen molar-refractivity contribution in [1.82, 2.24) is 0 Å². The molecular formula is C15H15. The van der Waals surface area contributed by atoms with Crippen molar-refractivity contribution in [2.45, 2.75) is 19.8 Å². The maximum atomic E-state index is 3.16. The summed E-state index contributed by atoms with van der Waals surface area (Å²) >= 11 is 0. The monoisotopic (exact) mass is 195 g/mol. The Kier molecular flexibility index (Phi) is 3.18. The van der Waals surface area contributed by atoms with Gasteiger partial charge in [0.05, 0.1) is 0 Å². The smallest absolute Gasteiger partial charge is 0.0151 e. The SMILES string of the molecule is CCCc1c[c]ccc1-c1ccccc1. The molecule has 0 bridgehead atoms. The van der Waals surface area contributed by atoms with Gasteiger partial charge in [0.1, 0.15) is 0 Å². The quantitative estimate of drug-likeness (QED) is 0.691. The largest absolute Gasteiger partial charge is 0.0651 e. The zero-order chi connectivity index (χ0) is 10.5. The van der Waals surface area contributed by atoms with Crippen LogP contribution >= 0.6 is 0 Å². The minimum atomic E-state index is 1.13. The molecule has 0 aliphatic heterocycles. The van der Waals surface area contributed by atoms with Crippen LogP contribution in [-0.4, -0.2) is 0 Å². The van der Waals surface area contributed by atoms with Gasteiger partial charge in [-0.2, -0.15) is 0 Å². The highest BCUT2D eigenvalue weighted by Crippen LogP contribution is 2.23. The van der Waals surface area contributed by atoms with E-state index in [1.807, 2.05) is 6.07 Å². The van der Waals surface area contributed by atoms with Crippen LogP contribution < -0.4 is 0 Å². The zero-order valence-electron chi connectivity index (χ0n) is 9.03. The molecule has 0 saturated carbocycles. The van der Waals surface area contributed by atoms with Crippen LogP contribution in [0.15, 0.2) is 48.5 Å². The van der Waals surface area contributed by atoms with Crippen LogP contribution in [0, 0.1) is 6.07 Å². The first-order valence-electron chi connectivity index (χ1n) is 5.46. The number of hydrogen-bond donors (Lipinski definition) is 0. The predicted octanol–water partition coefficient (Wildman–Crippen LogP) is 4.11. The first-order valence-corrected chi connectivity index (χ1v) is 5.46. The molecule has 0 saturated heterocycles. The molecule has 0 unspecified atom stereocenters. The van der Waals surface area contributed by atoms with E-state index in [9.17, 15) is 0 Å². The second-order valence-electron chi connectivity index (χ2n) is 3.70. The Morgan fingerprint density at radius 1 is 1.07 bits per heavy atom. The lowest BCUT2D eigenvalue weighted by atomic mass is 9.97. The molecule has 0 heterocycles. The molecule has 2 rings (SSSR count). The van der Waals surface area contributed by atoms with Gasteiger partial charge in [-0.05, 0) is 29.2 Å². The summed E-state index contributed by atoms with van der Waals surface area (Å²) in [4.78, 5) is 0. The summed E-state index contributed by atoms with van der Waals surface area (Å²) in [5.74, 6) is 0. The molecule has 2 aromatic rings. The lowest BCUT2D eigenvalue weighted by molar-refractivity contribution is 0.923. The van der Waals surface area contributed by atoms with Crippen molar-refractivity contribution in [3.63, 3.8) is 0 Å². The van der Waals surface area contributed by atoms with E-state index in [1.165, 1.54) is 23.1 Å². The van der Waals surface area contributed by atoms with Crippen LogP contribution in [0.2, 0.25) is 0 Å². The standard InChI is InChI=1S/C15H15/c1-2-8-13-11-6-7-12-15(13)14-9-4-3-5-10-14/h3-5,7,9-12H,2,8H2,1H3. The van der Waals surface area contributed by atoms with Gasteiger partial charge in [-0.25, -0.2) is 0 Å². The average molecular weight is 195 g/mol. The molecule has 1 radical (unpaired) electrons. The Balaban J connectivity index is 2.43. The Morgan fingerprint density at radius 3 is 2.60 bits per heavy atom. The molecule has 0 heteroatoms. The molecule has 0 nitrogen and oxygen atoms in total. The van der Waals surface area contributed by atoms with Crippen LogP contribution in [0.5, 0.6) is 0 Å². The summed E-state index contributed by atoms with van der Waals surface area (Å²) in [5.41, 5.74) is 4.04. The summed E-state index contributed by atoms with van der Waals surface area (Å²) in [6.07, 6.45) is 2.30. The molecule has 0 aliphatic carbocycles. The molecule has 0 aromatic heterocycles. The summed E-state index contributed by atoms with van der Waals surface area (Å²) in [7, 11) is 0. The normalized spacial score (nSPS) is 10.2. The fourth-order valence-electron chi connectivity index (χ4n) is 1.84. The van der Waals surface area contributed by atoms with E-state index in [0.717, 1.165) is 6.42 Å². The third kappa shape index (κ3) is 2.27. The number of aryl methyl sites for hydroxylation is 1. The summed E-state index contributed by atoms with van der Waals surface area (Å²) in [6.45, 7) is 2.21. The molecule has 0 amide bonds. The van der Waals surface area contributed by atoms with E-state index in [4.69, 9.17) is 0 Å². The molecule has 0 aliphatic rings. The number of hydrogen-bond acceptors (Lipinski definition) is 0. The van der Waals surface area contributed by atoms with Gasteiger partial charge in [0.25, 0.3) is 0 Å². The van der Waals surface area contributed by atoms with Gasteiger partial charge in [0.15, 0.2) is 0 Å². The Labute approximate surface area is 91.6 Å². The Morgan fingerprint density at radius 2 is 1.87 bits per heavy atom. The average Bonchev–Trinajstić information content (AvgIpc) is 2.31. The summed E-state index contributed by atoms with van der Waals surface area (Å²) in [5, 5.41) is 0. The molecular weight excluding hydrogens is 180 g/mol. The van der Waals surface area contributed by atoms with Gasteiger partial charge >= 0.3 is 0 Å². The highest BCUT2D eigenvalue weighted by Gasteiger charge is 2.02. The van der Waals surface area contributed by atoms with Crippen molar-refractivity contribution in [2.75, 3.05) is 0 Å². The zero-order valence-corrected chi connectivity index (χ0v) is 9.03. The van der Waals surface area contributed by atoms with E-state index in [0.29, 0.717) is 0 Å². The first kappa shape index (κ1) is 9.97. The van der Waals surface area contributed by atoms with Crippen molar-refractivity contribution < 1.29 is 0 Å². The maximum absolute atomic E-state index is 3.16. The molecule has 0 N–H and O–H groups in total. The highest BCUT2D eigenvalue weighted by atomic mass is 14.1. The molecule has 75 valence electrons. The van der Waals surface area contributed by atoms with Gasteiger partial charge in [0, 0.05) is 0 Å². The van der Waals surface area contributed by atoms with Gasteiger partial charge in [0.2, 0.25) is 0 Å². The van der Waals surface area contributed by atoms with E-state index in [2.05, 4.69) is 55.5 Å². The second kappa shape index (κ2) is 4.79. The topological polar surface area (TPSA) is 0 Å². The number of benzene rings is 2. The van der Waals surface area contributed by atoms with Gasteiger partial charge in [-0.15, -0.1) is 0 Å². The number of rotatable bonds is 3. The Bertz CT molecular complexity index is 415. The van der Waals surface area contributed by atoms with Crippen LogP contribution in [-0.2, 0) is 6.42 Å². The van der Waals surface area contributed by atoms with Crippen molar-refractivity contribution in [1.29, 1.82) is 0 Å². The Hall–Kier alpha value is -1.56. The summed E-state index contributed by atoms with van der Waals surface area (Å²) < 4.78 is 0. The van der Waals surface area contributed by atoms with Crippen molar-refractivity contribution >= 4 is 0 Å². The maximum Gasteiger partial charge on any atom is -0.0151 e. The lowest BCUT2D eigenvalue weighted by Crippen LogP contribution is -1.88. The van der Waals surface area contributed by atoms with E-state index < -0.39 is 0 Å². The van der Waals surface area contributed by atoms with Crippen molar-refractivity contribution in [3.05, 3.63) is 60.2 Å². The second-order valence-corrected chi connectivity index (χ2v) is 3.70. The van der Waals surface area contributed by atoms with Crippen LogP contribution in [0.4, 0.5) is 0 Å². The highest BCUT2D eigenvalue weighted by molar-refractivity contribution is 5.67. The molecule has 15 heavy (non-hydrogen) atoms. The van der Waals surface area contributed by atoms with Gasteiger partial charge in [-0.1, -0.05) is 61.9 Å². The van der Waals surface area contributed by atoms with E-state index >= 15 is 0 Å². The van der Waals surface area contributed by atoms with Crippen LogP contribution in [0.1, 0.15) is 18.9 Å². The predicted molar refractivity (Wildman–Crippen MR) is 64.7 cm³/mol. The van der Waals surface area contributed by atoms with E-state index in [1.54, 1.807) is 0 Å².